The van der Waals surface area contributed by atoms with Crippen molar-refractivity contribution in [3.8, 4) is 0 Å². The molecule has 2 fully saturated rings. The van der Waals surface area contributed by atoms with E-state index in [1.807, 2.05) is 0 Å². The molecule has 0 heterocycles. The second-order valence-corrected chi connectivity index (χ2v) is 5.76. The molecule has 0 amide bonds. The number of hydrogen-bond donors (Lipinski definition) is 1. The van der Waals surface area contributed by atoms with E-state index in [-0.39, 0.29) is 0 Å². The summed E-state index contributed by atoms with van der Waals surface area (Å²) in [5, 5.41) is 3.55. The number of hydrogen-bond acceptors (Lipinski definition) is 4. The maximum absolute atomic E-state index is 5.52. The molecule has 112 valence electrons. The molecule has 0 bridgehead atoms. The lowest BCUT2D eigenvalue weighted by atomic mass is 9.98. The molecule has 0 spiro atoms. The van der Waals surface area contributed by atoms with Gasteiger partial charge in [-0.05, 0) is 50.0 Å². The Kier molecular flexibility index (Phi) is 7.14. The number of methoxy groups -OCH3 is 1. The van der Waals surface area contributed by atoms with Crippen molar-refractivity contribution < 1.29 is 14.2 Å². The largest absolute Gasteiger partial charge is 0.382 e. The van der Waals surface area contributed by atoms with Crippen molar-refractivity contribution in [1.29, 1.82) is 0 Å². The van der Waals surface area contributed by atoms with Crippen molar-refractivity contribution in [2.45, 2.75) is 25.7 Å². The van der Waals surface area contributed by atoms with Crippen LogP contribution in [0.4, 0.5) is 0 Å². The van der Waals surface area contributed by atoms with Crippen LogP contribution in [0.2, 0.25) is 0 Å². The summed E-state index contributed by atoms with van der Waals surface area (Å²) < 4.78 is 15.7. The first kappa shape index (κ1) is 15.2. The van der Waals surface area contributed by atoms with Gasteiger partial charge in [-0.3, -0.25) is 0 Å². The molecule has 19 heavy (non-hydrogen) atoms. The molecule has 0 aromatic heterocycles. The molecule has 0 aliphatic heterocycles. The minimum atomic E-state index is 0.655. The van der Waals surface area contributed by atoms with E-state index in [1.165, 1.54) is 32.2 Å². The highest BCUT2D eigenvalue weighted by Crippen LogP contribution is 2.48. The Labute approximate surface area is 117 Å². The fourth-order valence-corrected chi connectivity index (χ4v) is 2.64. The first-order valence-corrected chi connectivity index (χ1v) is 7.77. The molecule has 0 aromatic rings. The van der Waals surface area contributed by atoms with Gasteiger partial charge < -0.3 is 19.5 Å². The van der Waals surface area contributed by atoms with Gasteiger partial charge in [-0.15, -0.1) is 0 Å². The smallest absolute Gasteiger partial charge is 0.0701 e. The molecular weight excluding hydrogens is 242 g/mol. The Morgan fingerprint density at radius 3 is 2.05 bits per heavy atom. The summed E-state index contributed by atoms with van der Waals surface area (Å²) >= 11 is 0. The molecule has 2 aliphatic rings. The maximum Gasteiger partial charge on any atom is 0.0701 e. The Bertz CT molecular complexity index is 217. The van der Waals surface area contributed by atoms with E-state index < -0.39 is 0 Å². The molecule has 0 atom stereocenters. The van der Waals surface area contributed by atoms with Crippen molar-refractivity contribution in [2.24, 2.45) is 17.8 Å². The summed E-state index contributed by atoms with van der Waals surface area (Å²) in [6, 6.07) is 0. The molecule has 0 saturated heterocycles. The second kappa shape index (κ2) is 8.90. The fourth-order valence-electron chi connectivity index (χ4n) is 2.64. The third-order valence-corrected chi connectivity index (χ3v) is 4.06. The van der Waals surface area contributed by atoms with Crippen molar-refractivity contribution in [2.75, 3.05) is 53.2 Å². The van der Waals surface area contributed by atoms with Crippen LogP contribution in [0.15, 0.2) is 0 Å². The van der Waals surface area contributed by atoms with Gasteiger partial charge in [0.05, 0.1) is 33.0 Å². The average Bonchev–Trinajstić information content (AvgIpc) is 3.28. The van der Waals surface area contributed by atoms with Gasteiger partial charge in [0.25, 0.3) is 0 Å². The molecule has 0 unspecified atom stereocenters. The van der Waals surface area contributed by atoms with Gasteiger partial charge in [0.1, 0.15) is 0 Å². The van der Waals surface area contributed by atoms with Gasteiger partial charge in [-0.25, -0.2) is 0 Å². The fraction of sp³-hybridized carbons (Fsp3) is 1.00. The quantitative estimate of drug-likeness (QED) is 0.518. The van der Waals surface area contributed by atoms with Crippen LogP contribution in [0.5, 0.6) is 0 Å². The zero-order valence-corrected chi connectivity index (χ0v) is 12.2. The number of ether oxygens (including phenoxy) is 3. The van der Waals surface area contributed by atoms with Crippen LogP contribution in [0.1, 0.15) is 25.7 Å². The van der Waals surface area contributed by atoms with Crippen molar-refractivity contribution in [1.82, 2.24) is 5.32 Å². The predicted octanol–water partition coefficient (Wildman–Crippen LogP) is 1.69. The first-order valence-electron chi connectivity index (χ1n) is 7.77. The summed E-state index contributed by atoms with van der Waals surface area (Å²) in [4.78, 5) is 0. The van der Waals surface area contributed by atoms with E-state index in [0.717, 1.165) is 30.9 Å². The van der Waals surface area contributed by atoms with Crippen LogP contribution in [0.25, 0.3) is 0 Å². The standard InChI is InChI=1S/C15H29NO3/c1-17-8-9-19-11-10-18-7-6-16-12-15(13-2-3-13)14-4-5-14/h13-16H,2-12H2,1H3. The van der Waals surface area contributed by atoms with Crippen molar-refractivity contribution in [3.63, 3.8) is 0 Å². The van der Waals surface area contributed by atoms with Crippen LogP contribution in [-0.2, 0) is 14.2 Å². The monoisotopic (exact) mass is 271 g/mol. The zero-order chi connectivity index (χ0) is 13.3. The average molecular weight is 271 g/mol. The molecular formula is C15H29NO3. The van der Waals surface area contributed by atoms with E-state index >= 15 is 0 Å². The molecule has 0 aromatic carbocycles. The lowest BCUT2D eigenvalue weighted by molar-refractivity contribution is 0.0254. The summed E-state index contributed by atoms with van der Waals surface area (Å²) in [6.45, 7) is 5.61. The topological polar surface area (TPSA) is 39.7 Å². The zero-order valence-electron chi connectivity index (χ0n) is 12.2. The molecule has 2 rings (SSSR count). The highest BCUT2D eigenvalue weighted by molar-refractivity contribution is 4.92. The van der Waals surface area contributed by atoms with Crippen LogP contribution >= 0.6 is 0 Å². The summed E-state index contributed by atoms with van der Waals surface area (Å²) in [6.07, 6.45) is 5.88. The molecule has 0 radical (unpaired) electrons. The normalized spacial score (nSPS) is 19.3. The van der Waals surface area contributed by atoms with Crippen molar-refractivity contribution >= 4 is 0 Å². The third kappa shape index (κ3) is 6.70. The van der Waals surface area contributed by atoms with Gasteiger partial charge >= 0.3 is 0 Å². The van der Waals surface area contributed by atoms with E-state index in [1.54, 1.807) is 7.11 Å². The van der Waals surface area contributed by atoms with Crippen molar-refractivity contribution in [3.05, 3.63) is 0 Å². The van der Waals surface area contributed by atoms with E-state index in [4.69, 9.17) is 14.2 Å². The van der Waals surface area contributed by atoms with Gasteiger partial charge in [-0.1, -0.05) is 0 Å². The van der Waals surface area contributed by atoms with Crippen LogP contribution in [-0.4, -0.2) is 53.2 Å². The van der Waals surface area contributed by atoms with E-state index in [0.29, 0.717) is 26.4 Å². The van der Waals surface area contributed by atoms with E-state index in [2.05, 4.69) is 5.32 Å². The lowest BCUT2D eigenvalue weighted by Gasteiger charge is -2.16. The molecule has 2 saturated carbocycles. The Hall–Kier alpha value is -0.160. The Morgan fingerprint density at radius 2 is 1.47 bits per heavy atom. The lowest BCUT2D eigenvalue weighted by Crippen LogP contribution is -2.28. The SMILES string of the molecule is COCCOCCOCCNCC(C1CC1)C1CC1. The summed E-state index contributed by atoms with van der Waals surface area (Å²) in [5.74, 6) is 3.03. The van der Waals surface area contributed by atoms with Gasteiger partial charge in [0.2, 0.25) is 0 Å². The van der Waals surface area contributed by atoms with E-state index in [9.17, 15) is 0 Å². The number of nitrogens with one attached hydrogen (secondary N) is 1. The molecule has 2 aliphatic carbocycles. The summed E-state index contributed by atoms with van der Waals surface area (Å²) in [5.41, 5.74) is 0. The minimum absolute atomic E-state index is 0.655. The highest BCUT2D eigenvalue weighted by Gasteiger charge is 2.40. The second-order valence-electron chi connectivity index (χ2n) is 5.76. The first-order chi connectivity index (χ1) is 9.42. The van der Waals surface area contributed by atoms with Crippen LogP contribution in [0, 0.1) is 17.8 Å². The summed E-state index contributed by atoms with van der Waals surface area (Å²) in [7, 11) is 1.68. The predicted molar refractivity (Wildman–Crippen MR) is 75.3 cm³/mol. The van der Waals surface area contributed by atoms with Crippen LogP contribution in [0.3, 0.4) is 0 Å². The van der Waals surface area contributed by atoms with Gasteiger partial charge in [0.15, 0.2) is 0 Å². The van der Waals surface area contributed by atoms with Crippen LogP contribution < -0.4 is 5.32 Å². The third-order valence-electron chi connectivity index (χ3n) is 4.06. The Morgan fingerprint density at radius 1 is 0.895 bits per heavy atom. The number of rotatable bonds is 13. The van der Waals surface area contributed by atoms with Gasteiger partial charge in [-0.2, -0.15) is 0 Å². The molecule has 4 nitrogen and oxygen atoms in total. The Balaban J connectivity index is 1.34. The highest BCUT2D eigenvalue weighted by atomic mass is 16.5. The van der Waals surface area contributed by atoms with Gasteiger partial charge in [0, 0.05) is 13.7 Å². The molecule has 4 heteroatoms. The maximum atomic E-state index is 5.52. The minimum Gasteiger partial charge on any atom is -0.382 e. The molecule has 1 N–H and O–H groups in total.